The largest absolute Gasteiger partial charge is 0.373 e. The molecule has 114 valence electrons. The van der Waals surface area contributed by atoms with Crippen LogP contribution in [0, 0.1) is 0 Å². The van der Waals surface area contributed by atoms with E-state index < -0.39 is 0 Å². The van der Waals surface area contributed by atoms with Crippen LogP contribution in [-0.4, -0.2) is 21.9 Å². The van der Waals surface area contributed by atoms with Crippen molar-refractivity contribution in [3.63, 3.8) is 0 Å². The fourth-order valence-electron chi connectivity index (χ4n) is 3.30. The molecule has 0 bridgehead atoms. The number of hydrogen-bond donors (Lipinski definition) is 1. The predicted octanol–water partition coefficient (Wildman–Crippen LogP) is 3.23. The summed E-state index contributed by atoms with van der Waals surface area (Å²) in [6, 6.07) is 8.34. The van der Waals surface area contributed by atoms with E-state index in [1.165, 1.54) is 30.2 Å². The molecular formula is C17H25N3O. The zero-order valence-corrected chi connectivity index (χ0v) is 12.8. The number of aromatic nitrogens is 2. The van der Waals surface area contributed by atoms with Crippen molar-refractivity contribution in [2.45, 2.75) is 57.7 Å². The van der Waals surface area contributed by atoms with Crippen molar-refractivity contribution in [1.29, 1.82) is 0 Å². The highest BCUT2D eigenvalue weighted by atomic mass is 16.5. The van der Waals surface area contributed by atoms with Gasteiger partial charge in [0.15, 0.2) is 0 Å². The molecule has 1 aliphatic carbocycles. The van der Waals surface area contributed by atoms with Gasteiger partial charge in [-0.3, -0.25) is 4.68 Å². The Morgan fingerprint density at radius 3 is 2.76 bits per heavy atom. The lowest BCUT2D eigenvalue weighted by molar-refractivity contribution is 0.0561. The Balaban J connectivity index is 1.68. The summed E-state index contributed by atoms with van der Waals surface area (Å²) < 4.78 is 7.96. The van der Waals surface area contributed by atoms with Crippen molar-refractivity contribution in [3.8, 4) is 0 Å². The van der Waals surface area contributed by atoms with E-state index in [-0.39, 0.29) is 5.54 Å². The van der Waals surface area contributed by atoms with Crippen LogP contribution in [0.2, 0.25) is 0 Å². The SMILES string of the molecule is CCn1nc(COCC2(N)CCCCC2)c2ccccc21. The molecule has 2 aromatic rings. The third-order valence-electron chi connectivity index (χ3n) is 4.51. The first-order chi connectivity index (χ1) is 10.2. The maximum Gasteiger partial charge on any atom is 0.0960 e. The molecule has 4 heteroatoms. The Hall–Kier alpha value is -1.39. The van der Waals surface area contributed by atoms with Crippen LogP contribution in [0.4, 0.5) is 0 Å². The molecule has 3 rings (SSSR count). The zero-order chi connectivity index (χ0) is 14.7. The van der Waals surface area contributed by atoms with Gasteiger partial charge in [0.05, 0.1) is 24.4 Å². The molecule has 0 radical (unpaired) electrons. The highest BCUT2D eigenvalue weighted by Gasteiger charge is 2.27. The molecule has 1 aromatic heterocycles. The van der Waals surface area contributed by atoms with Crippen LogP contribution in [-0.2, 0) is 17.9 Å². The number of aryl methyl sites for hydroxylation is 1. The normalized spacial score (nSPS) is 18.2. The van der Waals surface area contributed by atoms with E-state index in [9.17, 15) is 0 Å². The summed E-state index contributed by atoms with van der Waals surface area (Å²) in [6.45, 7) is 4.18. The first-order valence-corrected chi connectivity index (χ1v) is 8.03. The van der Waals surface area contributed by atoms with Crippen LogP contribution in [0.1, 0.15) is 44.7 Å². The molecule has 0 aliphatic heterocycles. The smallest absolute Gasteiger partial charge is 0.0960 e. The van der Waals surface area contributed by atoms with Crippen LogP contribution >= 0.6 is 0 Å². The third kappa shape index (κ3) is 3.11. The number of nitrogens with two attached hydrogens (primary N) is 1. The molecule has 1 aromatic carbocycles. The summed E-state index contributed by atoms with van der Waals surface area (Å²) >= 11 is 0. The fraction of sp³-hybridized carbons (Fsp3) is 0.588. The molecule has 0 unspecified atom stereocenters. The van der Waals surface area contributed by atoms with Gasteiger partial charge in [-0.1, -0.05) is 37.5 Å². The Labute approximate surface area is 126 Å². The van der Waals surface area contributed by atoms with Gasteiger partial charge < -0.3 is 10.5 Å². The Morgan fingerprint density at radius 2 is 2.00 bits per heavy atom. The third-order valence-corrected chi connectivity index (χ3v) is 4.51. The minimum absolute atomic E-state index is 0.124. The second kappa shape index (κ2) is 6.16. The lowest BCUT2D eigenvalue weighted by Crippen LogP contribution is -2.46. The van der Waals surface area contributed by atoms with Gasteiger partial charge in [-0.25, -0.2) is 0 Å². The summed E-state index contributed by atoms with van der Waals surface area (Å²) in [7, 11) is 0. The lowest BCUT2D eigenvalue weighted by atomic mass is 9.83. The Bertz CT molecular complexity index is 599. The van der Waals surface area contributed by atoms with Crippen LogP contribution < -0.4 is 5.73 Å². The van der Waals surface area contributed by atoms with E-state index in [1.54, 1.807) is 0 Å². The maximum atomic E-state index is 6.42. The van der Waals surface area contributed by atoms with Crippen molar-refractivity contribution in [1.82, 2.24) is 9.78 Å². The van der Waals surface area contributed by atoms with Crippen molar-refractivity contribution in [3.05, 3.63) is 30.0 Å². The lowest BCUT2D eigenvalue weighted by Gasteiger charge is -2.32. The number of fused-ring (bicyclic) bond motifs is 1. The molecular weight excluding hydrogens is 262 g/mol. The summed E-state index contributed by atoms with van der Waals surface area (Å²) in [5.41, 5.74) is 8.49. The molecule has 0 saturated heterocycles. The summed E-state index contributed by atoms with van der Waals surface area (Å²) in [5, 5.41) is 5.85. The van der Waals surface area contributed by atoms with Crippen molar-refractivity contribution < 1.29 is 4.74 Å². The highest BCUT2D eigenvalue weighted by molar-refractivity contribution is 5.81. The molecule has 0 atom stereocenters. The maximum absolute atomic E-state index is 6.42. The van der Waals surface area contributed by atoms with Gasteiger partial charge in [-0.15, -0.1) is 0 Å². The van der Waals surface area contributed by atoms with E-state index in [0.29, 0.717) is 13.2 Å². The van der Waals surface area contributed by atoms with Gasteiger partial charge in [0, 0.05) is 17.5 Å². The molecule has 0 spiro atoms. The topological polar surface area (TPSA) is 53.1 Å². The molecule has 1 fully saturated rings. The predicted molar refractivity (Wildman–Crippen MR) is 85.1 cm³/mol. The number of benzene rings is 1. The number of nitrogens with zero attached hydrogens (tertiary/aromatic N) is 2. The molecule has 2 N–H and O–H groups in total. The van der Waals surface area contributed by atoms with Gasteiger partial charge in [0.25, 0.3) is 0 Å². The number of ether oxygens (including phenoxy) is 1. The van der Waals surface area contributed by atoms with Gasteiger partial charge in [-0.05, 0) is 25.8 Å². The summed E-state index contributed by atoms with van der Waals surface area (Å²) in [4.78, 5) is 0. The average molecular weight is 287 g/mol. The van der Waals surface area contributed by atoms with E-state index in [0.717, 1.165) is 25.1 Å². The van der Waals surface area contributed by atoms with E-state index >= 15 is 0 Å². The van der Waals surface area contributed by atoms with Crippen LogP contribution in [0.15, 0.2) is 24.3 Å². The second-order valence-electron chi connectivity index (χ2n) is 6.20. The van der Waals surface area contributed by atoms with Gasteiger partial charge in [-0.2, -0.15) is 5.10 Å². The van der Waals surface area contributed by atoms with Gasteiger partial charge >= 0.3 is 0 Å². The van der Waals surface area contributed by atoms with Crippen molar-refractivity contribution in [2.24, 2.45) is 5.73 Å². The average Bonchev–Trinajstić information content (AvgIpc) is 2.86. The van der Waals surface area contributed by atoms with E-state index in [1.807, 2.05) is 4.68 Å². The quantitative estimate of drug-likeness (QED) is 0.918. The molecule has 21 heavy (non-hydrogen) atoms. The van der Waals surface area contributed by atoms with Crippen LogP contribution in [0.25, 0.3) is 10.9 Å². The number of rotatable bonds is 5. The number of para-hydroxylation sites is 1. The number of hydrogen-bond acceptors (Lipinski definition) is 3. The van der Waals surface area contributed by atoms with E-state index in [4.69, 9.17) is 10.5 Å². The highest BCUT2D eigenvalue weighted by Crippen LogP contribution is 2.26. The van der Waals surface area contributed by atoms with Crippen molar-refractivity contribution in [2.75, 3.05) is 6.61 Å². The summed E-state index contributed by atoms with van der Waals surface area (Å²) in [6.07, 6.45) is 5.93. The monoisotopic (exact) mass is 287 g/mol. The summed E-state index contributed by atoms with van der Waals surface area (Å²) in [5.74, 6) is 0. The van der Waals surface area contributed by atoms with Gasteiger partial charge in [0.2, 0.25) is 0 Å². The minimum atomic E-state index is -0.124. The molecule has 0 amide bonds. The first-order valence-electron chi connectivity index (χ1n) is 8.03. The van der Waals surface area contributed by atoms with Crippen LogP contribution in [0.3, 0.4) is 0 Å². The standard InChI is InChI=1S/C17H25N3O/c1-2-20-16-9-5-4-8-14(16)15(19-20)12-21-13-17(18)10-6-3-7-11-17/h4-5,8-9H,2-3,6-7,10-13,18H2,1H3. The fourth-order valence-corrected chi connectivity index (χ4v) is 3.30. The van der Waals surface area contributed by atoms with Crippen LogP contribution in [0.5, 0.6) is 0 Å². The molecule has 1 heterocycles. The van der Waals surface area contributed by atoms with Crippen molar-refractivity contribution >= 4 is 10.9 Å². The zero-order valence-electron chi connectivity index (χ0n) is 12.8. The minimum Gasteiger partial charge on any atom is -0.373 e. The van der Waals surface area contributed by atoms with Gasteiger partial charge in [0.1, 0.15) is 0 Å². The Morgan fingerprint density at radius 1 is 1.24 bits per heavy atom. The first kappa shape index (κ1) is 14.5. The molecule has 4 nitrogen and oxygen atoms in total. The molecule has 1 saturated carbocycles. The molecule has 1 aliphatic rings. The second-order valence-corrected chi connectivity index (χ2v) is 6.20. The van der Waals surface area contributed by atoms with E-state index in [2.05, 4.69) is 36.3 Å². The Kier molecular flexibility index (Phi) is 4.27.